The number of aliphatic hydroxyl groups excluding tert-OH is 1. The quantitative estimate of drug-likeness (QED) is 0.608. The zero-order valence-corrected chi connectivity index (χ0v) is 6.60. The average Bonchev–Trinajstić information content (AvgIpc) is 2.63. The van der Waals surface area contributed by atoms with E-state index in [1.165, 1.54) is 6.42 Å². The smallest absolute Gasteiger partial charge is 0.100 e. The second-order valence-electron chi connectivity index (χ2n) is 3.90. The van der Waals surface area contributed by atoms with E-state index in [0.717, 1.165) is 6.42 Å². The van der Waals surface area contributed by atoms with Crippen molar-refractivity contribution < 1.29 is 5.11 Å². The summed E-state index contributed by atoms with van der Waals surface area (Å²) in [5.41, 5.74) is 0. The Kier molecular flexibility index (Phi) is 1.49. The minimum atomic E-state index is -0.356. The van der Waals surface area contributed by atoms with E-state index in [0.29, 0.717) is 11.8 Å². The molecule has 2 fully saturated rings. The third-order valence-electron chi connectivity index (χ3n) is 3.17. The summed E-state index contributed by atoms with van der Waals surface area (Å²) in [5, 5.41) is 12.4. The summed E-state index contributed by atoms with van der Waals surface area (Å²) in [5.74, 6) is 1.38. The summed E-state index contributed by atoms with van der Waals surface area (Å²) in [6.45, 7) is 1.76. The summed E-state index contributed by atoms with van der Waals surface area (Å²) < 4.78 is 0. The van der Waals surface area contributed by atoms with E-state index in [1.807, 2.05) is 0 Å². The Morgan fingerprint density at radius 2 is 2.27 bits per heavy atom. The number of aliphatic hydroxyl groups is 1. The molecule has 0 aromatic rings. The highest BCUT2D eigenvalue weighted by molar-refractivity contribution is 5.06. The maximum atomic E-state index is 10.4. The van der Waals surface area contributed by atoms with Crippen LogP contribution in [-0.4, -0.2) is 17.3 Å². The molecule has 62 valence electrons. The molecule has 11 heavy (non-hydrogen) atoms. The van der Waals surface area contributed by atoms with E-state index >= 15 is 0 Å². The van der Waals surface area contributed by atoms with Crippen molar-refractivity contribution >= 4 is 0 Å². The van der Waals surface area contributed by atoms with Crippen LogP contribution < -0.4 is 0 Å². The van der Waals surface area contributed by atoms with Gasteiger partial charge in [0.05, 0.1) is 6.10 Å². The molecule has 0 aromatic carbocycles. The molecule has 2 aliphatic rings. The zero-order chi connectivity index (χ0) is 8.01. The highest BCUT2D eigenvalue weighted by Gasteiger charge is 2.55. The topological polar surface area (TPSA) is 49.7 Å². The summed E-state index contributed by atoms with van der Waals surface area (Å²) >= 11 is 0. The minimum Gasteiger partial charge on any atom is -0.393 e. The highest BCUT2D eigenvalue weighted by Crippen LogP contribution is 2.56. The van der Waals surface area contributed by atoms with Gasteiger partial charge in [-0.05, 0) is 31.6 Å². The predicted molar refractivity (Wildman–Crippen MR) is 41.0 cm³/mol. The van der Waals surface area contributed by atoms with Crippen molar-refractivity contribution in [3.05, 3.63) is 4.91 Å². The molecule has 1 N–H and O–H groups in total. The van der Waals surface area contributed by atoms with Crippen molar-refractivity contribution in [1.82, 2.24) is 0 Å². The van der Waals surface area contributed by atoms with Gasteiger partial charge in [0.2, 0.25) is 0 Å². The van der Waals surface area contributed by atoms with Crippen LogP contribution in [0.1, 0.15) is 19.8 Å². The zero-order valence-electron chi connectivity index (χ0n) is 6.60. The van der Waals surface area contributed by atoms with Gasteiger partial charge in [-0.3, -0.25) is 0 Å². The highest BCUT2D eigenvalue weighted by atomic mass is 16.3. The first kappa shape index (κ1) is 7.22. The molecule has 5 atom stereocenters. The maximum Gasteiger partial charge on any atom is 0.100 e. The number of hydrogen-bond donors (Lipinski definition) is 1. The largest absolute Gasteiger partial charge is 0.393 e. The summed E-state index contributed by atoms with van der Waals surface area (Å²) in [6, 6.07) is -0.0833. The average molecular weight is 155 g/mol. The van der Waals surface area contributed by atoms with Crippen molar-refractivity contribution in [2.24, 2.45) is 22.9 Å². The molecule has 3 nitrogen and oxygen atoms in total. The lowest BCUT2D eigenvalue weighted by Crippen LogP contribution is -2.26. The SMILES string of the molecule is CC(O)C1CC2C[C@@H]2C1N=O. The van der Waals surface area contributed by atoms with Crippen LogP contribution in [0, 0.1) is 22.7 Å². The molecule has 4 unspecified atom stereocenters. The molecule has 3 heteroatoms. The Balaban J connectivity index is 2.06. The molecule has 2 rings (SSSR count). The van der Waals surface area contributed by atoms with Gasteiger partial charge in [0.1, 0.15) is 6.04 Å². The van der Waals surface area contributed by atoms with Gasteiger partial charge in [-0.2, -0.15) is 4.91 Å². The number of nitroso groups, excluding NO2 is 1. The molecule has 0 aromatic heterocycles. The van der Waals surface area contributed by atoms with Crippen molar-refractivity contribution in [1.29, 1.82) is 0 Å². The van der Waals surface area contributed by atoms with Crippen LogP contribution in [0.5, 0.6) is 0 Å². The van der Waals surface area contributed by atoms with Gasteiger partial charge < -0.3 is 5.11 Å². The third kappa shape index (κ3) is 0.984. The van der Waals surface area contributed by atoms with Gasteiger partial charge in [-0.15, -0.1) is 0 Å². The van der Waals surface area contributed by atoms with Gasteiger partial charge in [-0.1, -0.05) is 5.18 Å². The molecule has 2 aliphatic carbocycles. The minimum absolute atomic E-state index is 0.0833. The van der Waals surface area contributed by atoms with Gasteiger partial charge >= 0.3 is 0 Å². The first-order chi connectivity index (χ1) is 5.24. The fraction of sp³-hybridized carbons (Fsp3) is 1.00. The van der Waals surface area contributed by atoms with Crippen molar-refractivity contribution in [3.63, 3.8) is 0 Å². The lowest BCUT2D eigenvalue weighted by molar-refractivity contribution is 0.112. The molecular formula is C8H13NO2. The summed E-state index contributed by atoms with van der Waals surface area (Å²) in [7, 11) is 0. The van der Waals surface area contributed by atoms with Gasteiger partial charge in [0, 0.05) is 5.92 Å². The van der Waals surface area contributed by atoms with Crippen LogP contribution in [0.3, 0.4) is 0 Å². The van der Waals surface area contributed by atoms with Crippen LogP contribution in [-0.2, 0) is 0 Å². The van der Waals surface area contributed by atoms with Crippen LogP contribution in [0.4, 0.5) is 0 Å². The lowest BCUT2D eigenvalue weighted by atomic mass is 9.94. The number of hydrogen-bond acceptors (Lipinski definition) is 3. The standard InChI is InChI=1S/C8H13NO2/c1-4(10)6-2-5-3-7(5)8(6)9-11/h4-8,10H,2-3H2,1H3/t4?,5?,6?,7-,8?/m0/s1. The van der Waals surface area contributed by atoms with Crippen LogP contribution >= 0.6 is 0 Å². The number of nitrogens with zero attached hydrogens (tertiary/aromatic N) is 1. The van der Waals surface area contributed by atoms with E-state index in [2.05, 4.69) is 5.18 Å². The monoisotopic (exact) mass is 155 g/mol. The summed E-state index contributed by atoms with van der Waals surface area (Å²) in [4.78, 5) is 10.4. The predicted octanol–water partition coefficient (Wildman–Crippen LogP) is 1.16. The second kappa shape index (κ2) is 2.27. The van der Waals surface area contributed by atoms with Crippen molar-refractivity contribution in [2.45, 2.75) is 31.9 Å². The molecule has 0 aliphatic heterocycles. The van der Waals surface area contributed by atoms with E-state index in [-0.39, 0.29) is 18.1 Å². The first-order valence-corrected chi connectivity index (χ1v) is 4.24. The molecular weight excluding hydrogens is 142 g/mol. The molecule has 0 amide bonds. The molecule has 0 bridgehead atoms. The van der Waals surface area contributed by atoms with Crippen LogP contribution in [0.25, 0.3) is 0 Å². The van der Waals surface area contributed by atoms with E-state index < -0.39 is 0 Å². The Bertz CT molecular complexity index is 181. The molecule has 0 spiro atoms. The Labute approximate surface area is 65.8 Å². The van der Waals surface area contributed by atoms with E-state index in [4.69, 9.17) is 0 Å². The number of rotatable bonds is 2. The lowest BCUT2D eigenvalue weighted by Gasteiger charge is -2.18. The normalized spacial score (nSPS) is 50.0. The van der Waals surface area contributed by atoms with Gasteiger partial charge in [0.15, 0.2) is 0 Å². The molecule has 0 heterocycles. The molecule has 0 radical (unpaired) electrons. The fourth-order valence-electron chi connectivity index (χ4n) is 2.41. The van der Waals surface area contributed by atoms with E-state index in [9.17, 15) is 10.0 Å². The van der Waals surface area contributed by atoms with Crippen molar-refractivity contribution in [2.75, 3.05) is 0 Å². The first-order valence-electron chi connectivity index (χ1n) is 4.24. The molecule has 2 saturated carbocycles. The Morgan fingerprint density at radius 3 is 2.73 bits per heavy atom. The van der Waals surface area contributed by atoms with E-state index in [1.54, 1.807) is 6.92 Å². The Morgan fingerprint density at radius 1 is 1.55 bits per heavy atom. The fourth-order valence-corrected chi connectivity index (χ4v) is 2.41. The van der Waals surface area contributed by atoms with Crippen molar-refractivity contribution in [3.8, 4) is 0 Å². The third-order valence-corrected chi connectivity index (χ3v) is 3.17. The van der Waals surface area contributed by atoms with Gasteiger partial charge in [0.25, 0.3) is 0 Å². The molecule has 0 saturated heterocycles. The summed E-state index contributed by atoms with van der Waals surface area (Å²) in [6.07, 6.45) is 1.82. The maximum absolute atomic E-state index is 10.4. The number of fused-ring (bicyclic) bond motifs is 1. The van der Waals surface area contributed by atoms with Crippen LogP contribution in [0.2, 0.25) is 0 Å². The second-order valence-corrected chi connectivity index (χ2v) is 3.90. The Hall–Kier alpha value is -0.440. The van der Waals surface area contributed by atoms with Gasteiger partial charge in [-0.25, -0.2) is 0 Å². The van der Waals surface area contributed by atoms with Crippen LogP contribution in [0.15, 0.2) is 5.18 Å².